The number of Topliss-reactive ketones (excluding diaryl/α,β-unsaturated/α-hetero) is 1. The molecule has 0 radical (unpaired) electrons. The summed E-state index contributed by atoms with van der Waals surface area (Å²) in [5.41, 5.74) is 1.94. The van der Waals surface area contributed by atoms with Gasteiger partial charge in [-0.25, -0.2) is 8.78 Å². The molecule has 3 aromatic rings. The molecule has 6 heteroatoms. The molecular formula is C26H25F2NO3. The van der Waals surface area contributed by atoms with Crippen LogP contribution in [0.25, 0.3) is 0 Å². The number of aliphatic hydroxyl groups excluding tert-OH is 1. The van der Waals surface area contributed by atoms with E-state index in [4.69, 9.17) is 0 Å². The van der Waals surface area contributed by atoms with Crippen molar-refractivity contribution in [1.82, 2.24) is 5.32 Å². The van der Waals surface area contributed by atoms with Crippen molar-refractivity contribution >= 4 is 11.7 Å². The lowest BCUT2D eigenvalue weighted by atomic mass is 9.90. The van der Waals surface area contributed by atoms with Crippen LogP contribution >= 0.6 is 0 Å². The average Bonchev–Trinajstić information content (AvgIpc) is 2.81. The van der Waals surface area contributed by atoms with E-state index in [-0.39, 0.29) is 48.7 Å². The normalized spacial score (nSPS) is 12.7. The second-order valence-corrected chi connectivity index (χ2v) is 7.77. The van der Waals surface area contributed by atoms with Gasteiger partial charge in [-0.15, -0.1) is 0 Å². The summed E-state index contributed by atoms with van der Waals surface area (Å²) in [5, 5.41) is 12.6. The molecule has 2 atom stereocenters. The van der Waals surface area contributed by atoms with Gasteiger partial charge in [-0.2, -0.15) is 0 Å². The van der Waals surface area contributed by atoms with E-state index in [0.29, 0.717) is 17.5 Å². The van der Waals surface area contributed by atoms with Crippen LogP contribution in [0, 0.1) is 17.6 Å². The third-order valence-corrected chi connectivity index (χ3v) is 5.27. The van der Waals surface area contributed by atoms with Crippen LogP contribution in [0.2, 0.25) is 0 Å². The van der Waals surface area contributed by atoms with Gasteiger partial charge in [-0.05, 0) is 66.3 Å². The molecule has 2 N–H and O–H groups in total. The molecule has 1 amide bonds. The number of hydrogen-bond donors (Lipinski definition) is 2. The van der Waals surface area contributed by atoms with Gasteiger partial charge in [-0.1, -0.05) is 42.5 Å². The molecule has 0 aliphatic carbocycles. The van der Waals surface area contributed by atoms with Gasteiger partial charge in [0.25, 0.3) is 5.91 Å². The Labute approximate surface area is 185 Å². The topological polar surface area (TPSA) is 66.4 Å². The Hall–Kier alpha value is -3.38. The molecule has 32 heavy (non-hydrogen) atoms. The zero-order chi connectivity index (χ0) is 22.9. The van der Waals surface area contributed by atoms with Gasteiger partial charge < -0.3 is 10.4 Å². The Morgan fingerprint density at radius 1 is 0.781 bits per heavy atom. The molecule has 0 saturated carbocycles. The molecule has 3 aromatic carbocycles. The Morgan fingerprint density at radius 2 is 1.31 bits per heavy atom. The van der Waals surface area contributed by atoms with Gasteiger partial charge in [0.2, 0.25) is 0 Å². The SMILES string of the molecule is O=C(N[C@@H](Cc1ccc(F)cc1)C(=O)C[C@H](CO)Cc1ccc(F)cc1)c1ccccc1. The van der Waals surface area contributed by atoms with Gasteiger partial charge >= 0.3 is 0 Å². The van der Waals surface area contributed by atoms with Crippen LogP contribution < -0.4 is 5.32 Å². The van der Waals surface area contributed by atoms with Crippen molar-refractivity contribution in [2.45, 2.75) is 25.3 Å². The third-order valence-electron chi connectivity index (χ3n) is 5.27. The van der Waals surface area contributed by atoms with E-state index >= 15 is 0 Å². The van der Waals surface area contributed by atoms with Crippen molar-refractivity contribution in [2.75, 3.05) is 6.61 Å². The number of halogens is 2. The molecule has 0 fully saturated rings. The molecule has 4 nitrogen and oxygen atoms in total. The Bertz CT molecular complexity index is 1020. The minimum Gasteiger partial charge on any atom is -0.396 e. The van der Waals surface area contributed by atoms with Gasteiger partial charge in [0.15, 0.2) is 5.78 Å². The van der Waals surface area contributed by atoms with E-state index in [1.54, 1.807) is 54.6 Å². The van der Waals surface area contributed by atoms with Crippen LogP contribution in [0.15, 0.2) is 78.9 Å². The first-order chi connectivity index (χ1) is 15.4. The molecule has 0 heterocycles. The standard InChI is InChI=1S/C26H25F2NO3/c27-22-10-6-18(7-11-22)14-20(17-30)16-25(31)24(15-19-8-12-23(28)13-9-19)29-26(32)21-4-2-1-3-5-21/h1-13,20,24,30H,14-17H2,(H,29,32)/t20-,24+/m1/s1. The molecule has 0 saturated heterocycles. The molecule has 0 aromatic heterocycles. The third kappa shape index (κ3) is 6.82. The predicted octanol–water partition coefficient (Wildman–Crippen LogP) is 4.12. The summed E-state index contributed by atoms with van der Waals surface area (Å²) in [6.45, 7) is -0.223. The number of aliphatic hydroxyl groups is 1. The second-order valence-electron chi connectivity index (χ2n) is 7.77. The van der Waals surface area contributed by atoms with Crippen molar-refractivity contribution < 1.29 is 23.5 Å². The lowest BCUT2D eigenvalue weighted by Crippen LogP contribution is -2.43. The largest absolute Gasteiger partial charge is 0.396 e. The van der Waals surface area contributed by atoms with Gasteiger partial charge in [0.1, 0.15) is 11.6 Å². The lowest BCUT2D eigenvalue weighted by Gasteiger charge is -2.21. The van der Waals surface area contributed by atoms with Crippen LogP contribution in [-0.2, 0) is 17.6 Å². The van der Waals surface area contributed by atoms with E-state index in [9.17, 15) is 23.5 Å². The minimum atomic E-state index is -0.838. The highest BCUT2D eigenvalue weighted by molar-refractivity contribution is 5.98. The van der Waals surface area contributed by atoms with Crippen LogP contribution in [0.1, 0.15) is 27.9 Å². The summed E-state index contributed by atoms with van der Waals surface area (Å²) in [6, 6.07) is 19.4. The van der Waals surface area contributed by atoms with Gasteiger partial charge in [0.05, 0.1) is 6.04 Å². The van der Waals surface area contributed by atoms with Crippen LogP contribution in [0.3, 0.4) is 0 Å². The zero-order valence-corrected chi connectivity index (χ0v) is 17.5. The maximum Gasteiger partial charge on any atom is 0.251 e. The maximum atomic E-state index is 13.3. The Morgan fingerprint density at radius 3 is 1.84 bits per heavy atom. The van der Waals surface area contributed by atoms with E-state index in [1.807, 2.05) is 0 Å². The summed E-state index contributed by atoms with van der Waals surface area (Å²) in [4.78, 5) is 25.8. The quantitative estimate of drug-likeness (QED) is 0.502. The van der Waals surface area contributed by atoms with Gasteiger partial charge in [0, 0.05) is 18.6 Å². The number of rotatable bonds is 10. The summed E-state index contributed by atoms with van der Waals surface area (Å²) < 4.78 is 26.4. The Kier molecular flexibility index (Phi) is 8.22. The van der Waals surface area contributed by atoms with Crippen LogP contribution in [0.4, 0.5) is 8.78 Å². The van der Waals surface area contributed by atoms with E-state index in [0.717, 1.165) is 5.56 Å². The molecule has 0 unspecified atom stereocenters. The summed E-state index contributed by atoms with van der Waals surface area (Å²) in [6.07, 6.45) is 0.639. The summed E-state index contributed by atoms with van der Waals surface area (Å²) >= 11 is 0. The average molecular weight is 437 g/mol. The van der Waals surface area contributed by atoms with E-state index in [1.165, 1.54) is 24.3 Å². The maximum absolute atomic E-state index is 13.3. The first-order valence-electron chi connectivity index (χ1n) is 10.4. The highest BCUT2D eigenvalue weighted by Crippen LogP contribution is 2.16. The first kappa shape index (κ1) is 23.3. The number of nitrogens with one attached hydrogen (secondary N) is 1. The molecule has 3 rings (SSSR count). The molecule has 0 spiro atoms. The monoisotopic (exact) mass is 437 g/mol. The second kappa shape index (κ2) is 11.3. The molecule has 166 valence electrons. The number of benzene rings is 3. The fourth-order valence-electron chi connectivity index (χ4n) is 3.51. The lowest BCUT2D eigenvalue weighted by molar-refractivity contribution is -0.122. The molecule has 0 aliphatic rings. The van der Waals surface area contributed by atoms with Crippen molar-refractivity contribution in [3.8, 4) is 0 Å². The number of amides is 1. The van der Waals surface area contributed by atoms with Gasteiger partial charge in [-0.3, -0.25) is 9.59 Å². The Balaban J connectivity index is 1.73. The number of hydrogen-bond acceptors (Lipinski definition) is 3. The minimum absolute atomic E-state index is 0.0365. The smallest absolute Gasteiger partial charge is 0.251 e. The summed E-state index contributed by atoms with van der Waals surface area (Å²) in [5.74, 6) is -1.74. The highest BCUT2D eigenvalue weighted by Gasteiger charge is 2.25. The number of ketones is 1. The van der Waals surface area contributed by atoms with E-state index in [2.05, 4.69) is 5.32 Å². The van der Waals surface area contributed by atoms with Crippen molar-refractivity contribution in [3.05, 3.63) is 107 Å². The molecular weight excluding hydrogens is 412 g/mol. The fraction of sp³-hybridized carbons (Fsp3) is 0.231. The molecule has 0 bridgehead atoms. The van der Waals surface area contributed by atoms with Crippen molar-refractivity contribution in [3.63, 3.8) is 0 Å². The fourth-order valence-corrected chi connectivity index (χ4v) is 3.51. The zero-order valence-electron chi connectivity index (χ0n) is 17.5. The number of carbonyl (C=O) groups excluding carboxylic acids is 2. The molecule has 0 aliphatic heterocycles. The van der Waals surface area contributed by atoms with E-state index < -0.39 is 6.04 Å². The highest BCUT2D eigenvalue weighted by atomic mass is 19.1. The first-order valence-corrected chi connectivity index (χ1v) is 10.4. The summed E-state index contributed by atoms with van der Waals surface area (Å²) in [7, 11) is 0. The van der Waals surface area contributed by atoms with Crippen molar-refractivity contribution in [1.29, 1.82) is 0 Å². The number of carbonyl (C=O) groups is 2. The van der Waals surface area contributed by atoms with Crippen LogP contribution in [-0.4, -0.2) is 29.4 Å². The predicted molar refractivity (Wildman–Crippen MR) is 118 cm³/mol. The van der Waals surface area contributed by atoms with Crippen molar-refractivity contribution in [2.24, 2.45) is 5.92 Å². The van der Waals surface area contributed by atoms with Crippen LogP contribution in [0.5, 0.6) is 0 Å².